The van der Waals surface area contributed by atoms with Crippen LogP contribution in [0, 0.1) is 0 Å². The van der Waals surface area contributed by atoms with Crippen molar-refractivity contribution in [2.45, 2.75) is 6.42 Å². The van der Waals surface area contributed by atoms with Gasteiger partial charge in [-0.05, 0) is 6.07 Å². The number of primary amides is 1. The predicted molar refractivity (Wildman–Crippen MR) is 75.4 cm³/mol. The molecule has 0 heterocycles. The third-order valence-corrected chi connectivity index (χ3v) is 2.54. The Morgan fingerprint density at radius 1 is 1.16 bits per heavy atom. The Balaban J connectivity index is 0.00000324. The first-order valence-corrected chi connectivity index (χ1v) is 5.30. The lowest BCUT2D eigenvalue weighted by atomic mass is 10.0. The van der Waals surface area contributed by atoms with Crippen LogP contribution in [0.1, 0.15) is 5.56 Å². The summed E-state index contributed by atoms with van der Waals surface area (Å²) >= 11 is 0. The fourth-order valence-corrected chi connectivity index (χ4v) is 1.62. The highest BCUT2D eigenvalue weighted by Gasteiger charge is 2.17. The van der Waals surface area contributed by atoms with Gasteiger partial charge in [0.1, 0.15) is 0 Å². The standard InChI is InChI=1S/C13H17NO4.ClH/c1-8(13(14)15)7-9-5-6-10(16-2)12(18-4)11(9)17-3;/h5-6H,1,7H2,2-4H3,(H2,14,15);1H. The molecule has 1 aromatic carbocycles. The van der Waals surface area contributed by atoms with Crippen LogP contribution in [0.4, 0.5) is 0 Å². The van der Waals surface area contributed by atoms with E-state index in [1.165, 1.54) is 14.2 Å². The van der Waals surface area contributed by atoms with Crippen LogP contribution in [0.3, 0.4) is 0 Å². The SMILES string of the molecule is C=C(Cc1ccc(OC)c(OC)c1OC)C(N)=O.Cl. The van der Waals surface area contributed by atoms with E-state index in [0.29, 0.717) is 29.2 Å². The monoisotopic (exact) mass is 287 g/mol. The maximum atomic E-state index is 11.0. The number of carbonyl (C=O) groups excluding carboxylic acids is 1. The zero-order chi connectivity index (χ0) is 13.7. The zero-order valence-corrected chi connectivity index (χ0v) is 12.0. The molecule has 0 saturated carbocycles. The second kappa shape index (κ2) is 7.53. The largest absolute Gasteiger partial charge is 0.493 e. The van der Waals surface area contributed by atoms with Gasteiger partial charge in [-0.15, -0.1) is 12.4 Å². The lowest BCUT2D eigenvalue weighted by molar-refractivity contribution is -0.114. The van der Waals surface area contributed by atoms with Gasteiger partial charge in [0.2, 0.25) is 11.7 Å². The summed E-state index contributed by atoms with van der Waals surface area (Å²) in [5, 5.41) is 0. The van der Waals surface area contributed by atoms with E-state index < -0.39 is 5.91 Å². The summed E-state index contributed by atoms with van der Waals surface area (Å²) in [6, 6.07) is 3.53. The maximum Gasteiger partial charge on any atom is 0.244 e. The first kappa shape index (κ1) is 17.1. The number of benzene rings is 1. The van der Waals surface area contributed by atoms with Crippen molar-refractivity contribution in [3.63, 3.8) is 0 Å². The quantitative estimate of drug-likeness (QED) is 0.809. The van der Waals surface area contributed by atoms with Crippen LogP contribution in [0.25, 0.3) is 0 Å². The highest BCUT2D eigenvalue weighted by molar-refractivity contribution is 5.91. The van der Waals surface area contributed by atoms with Crippen LogP contribution >= 0.6 is 12.4 Å². The third kappa shape index (κ3) is 3.79. The molecule has 0 aromatic heterocycles. The molecular formula is C13H18ClNO4. The highest BCUT2D eigenvalue weighted by atomic mass is 35.5. The molecule has 0 radical (unpaired) electrons. The van der Waals surface area contributed by atoms with E-state index >= 15 is 0 Å². The van der Waals surface area contributed by atoms with E-state index in [9.17, 15) is 4.79 Å². The molecule has 0 atom stereocenters. The summed E-state index contributed by atoms with van der Waals surface area (Å²) in [5.74, 6) is 1.02. The van der Waals surface area contributed by atoms with Crippen molar-refractivity contribution in [1.29, 1.82) is 0 Å². The van der Waals surface area contributed by atoms with Crippen molar-refractivity contribution >= 4 is 18.3 Å². The van der Waals surface area contributed by atoms with Crippen molar-refractivity contribution in [2.75, 3.05) is 21.3 Å². The fraction of sp³-hybridized carbons (Fsp3) is 0.308. The third-order valence-electron chi connectivity index (χ3n) is 2.54. The summed E-state index contributed by atoms with van der Waals surface area (Å²) in [6.07, 6.45) is 0.304. The van der Waals surface area contributed by atoms with Crippen molar-refractivity contribution in [3.8, 4) is 17.2 Å². The molecule has 0 unspecified atom stereocenters. The molecule has 0 saturated heterocycles. The van der Waals surface area contributed by atoms with E-state index in [2.05, 4.69) is 6.58 Å². The highest BCUT2D eigenvalue weighted by Crippen LogP contribution is 2.40. The minimum atomic E-state index is -0.535. The second-order valence-electron chi connectivity index (χ2n) is 3.64. The van der Waals surface area contributed by atoms with E-state index in [1.807, 2.05) is 0 Å². The Bertz CT molecular complexity index is 474. The van der Waals surface area contributed by atoms with E-state index in [0.717, 1.165) is 5.56 Å². The van der Waals surface area contributed by atoms with Crippen molar-refractivity contribution in [1.82, 2.24) is 0 Å². The summed E-state index contributed by atoms with van der Waals surface area (Å²) in [6.45, 7) is 3.62. The molecule has 1 amide bonds. The minimum absolute atomic E-state index is 0. The summed E-state index contributed by atoms with van der Waals surface area (Å²) in [5.41, 5.74) is 6.24. The molecule has 0 spiro atoms. The lowest BCUT2D eigenvalue weighted by Crippen LogP contribution is -2.15. The lowest BCUT2D eigenvalue weighted by Gasteiger charge is -2.15. The molecule has 0 aliphatic rings. The first-order chi connectivity index (χ1) is 8.54. The topological polar surface area (TPSA) is 70.8 Å². The van der Waals surface area contributed by atoms with Crippen molar-refractivity contribution in [3.05, 3.63) is 29.8 Å². The number of methoxy groups -OCH3 is 3. The molecule has 5 nitrogen and oxygen atoms in total. The number of rotatable bonds is 6. The molecule has 106 valence electrons. The molecule has 2 N–H and O–H groups in total. The number of nitrogens with two attached hydrogens (primary N) is 1. The molecule has 6 heteroatoms. The van der Waals surface area contributed by atoms with Gasteiger partial charge in [-0.25, -0.2) is 0 Å². The number of carbonyl (C=O) groups is 1. The molecule has 19 heavy (non-hydrogen) atoms. The van der Waals surface area contributed by atoms with E-state index in [-0.39, 0.29) is 12.4 Å². The number of hydrogen-bond donors (Lipinski definition) is 1. The zero-order valence-electron chi connectivity index (χ0n) is 11.2. The molecular weight excluding hydrogens is 270 g/mol. The normalized spacial score (nSPS) is 9.21. The van der Waals surface area contributed by atoms with Crippen LogP contribution in [0.15, 0.2) is 24.3 Å². The minimum Gasteiger partial charge on any atom is -0.493 e. The van der Waals surface area contributed by atoms with Gasteiger partial charge in [-0.2, -0.15) is 0 Å². The maximum absolute atomic E-state index is 11.0. The van der Waals surface area contributed by atoms with Gasteiger partial charge < -0.3 is 19.9 Å². The van der Waals surface area contributed by atoms with Gasteiger partial charge in [-0.1, -0.05) is 12.6 Å². The Morgan fingerprint density at radius 3 is 2.16 bits per heavy atom. The number of ether oxygens (including phenoxy) is 3. The smallest absolute Gasteiger partial charge is 0.244 e. The van der Waals surface area contributed by atoms with E-state index in [1.54, 1.807) is 19.2 Å². The van der Waals surface area contributed by atoms with Crippen LogP contribution in [0.2, 0.25) is 0 Å². The molecule has 0 fully saturated rings. The van der Waals surface area contributed by atoms with Crippen LogP contribution < -0.4 is 19.9 Å². The molecule has 0 aliphatic carbocycles. The Labute approximate surface area is 118 Å². The Hall–Kier alpha value is -1.88. The first-order valence-electron chi connectivity index (χ1n) is 5.30. The Morgan fingerprint density at radius 2 is 1.74 bits per heavy atom. The van der Waals surface area contributed by atoms with Gasteiger partial charge in [-0.3, -0.25) is 4.79 Å². The number of hydrogen-bond acceptors (Lipinski definition) is 4. The molecule has 0 aliphatic heterocycles. The van der Waals surface area contributed by atoms with E-state index in [4.69, 9.17) is 19.9 Å². The summed E-state index contributed by atoms with van der Waals surface area (Å²) in [4.78, 5) is 11.0. The van der Waals surface area contributed by atoms with Gasteiger partial charge in [0.05, 0.1) is 21.3 Å². The van der Waals surface area contributed by atoms with Gasteiger partial charge in [0, 0.05) is 17.6 Å². The average molecular weight is 288 g/mol. The summed E-state index contributed by atoms with van der Waals surface area (Å²) in [7, 11) is 4.58. The predicted octanol–water partition coefficient (Wildman–Crippen LogP) is 1.72. The fourth-order valence-electron chi connectivity index (χ4n) is 1.62. The van der Waals surface area contributed by atoms with Crippen molar-refractivity contribution < 1.29 is 19.0 Å². The van der Waals surface area contributed by atoms with Crippen LogP contribution in [-0.4, -0.2) is 27.2 Å². The van der Waals surface area contributed by atoms with Gasteiger partial charge in [0.25, 0.3) is 0 Å². The molecule has 1 rings (SSSR count). The van der Waals surface area contributed by atoms with Crippen LogP contribution in [-0.2, 0) is 11.2 Å². The van der Waals surface area contributed by atoms with Crippen molar-refractivity contribution in [2.24, 2.45) is 5.73 Å². The summed E-state index contributed by atoms with van der Waals surface area (Å²) < 4.78 is 15.7. The van der Waals surface area contributed by atoms with Gasteiger partial charge >= 0.3 is 0 Å². The molecule has 0 bridgehead atoms. The Kier molecular flexibility index (Phi) is 6.79. The van der Waals surface area contributed by atoms with Gasteiger partial charge in [0.15, 0.2) is 11.5 Å². The van der Waals surface area contributed by atoms with Crippen LogP contribution in [0.5, 0.6) is 17.2 Å². The number of amides is 1. The number of halogens is 1. The average Bonchev–Trinajstić information content (AvgIpc) is 2.37. The second-order valence-corrected chi connectivity index (χ2v) is 3.64. The molecule has 1 aromatic rings.